The van der Waals surface area contributed by atoms with Gasteiger partial charge in [-0.1, -0.05) is 0 Å². The summed E-state index contributed by atoms with van der Waals surface area (Å²) in [4.78, 5) is 16.1. The molecule has 1 atom stereocenters. The summed E-state index contributed by atoms with van der Waals surface area (Å²) >= 11 is 0. The molecule has 2 heterocycles. The number of ether oxygens (including phenoxy) is 2. The van der Waals surface area contributed by atoms with Crippen LogP contribution in [0, 0.1) is 0 Å². The molecule has 6 heteroatoms. The van der Waals surface area contributed by atoms with Crippen molar-refractivity contribution in [2.75, 3.05) is 59.2 Å². The molecule has 2 N–H and O–H groups in total. The van der Waals surface area contributed by atoms with Gasteiger partial charge in [-0.25, -0.2) is 0 Å². The van der Waals surface area contributed by atoms with Crippen LogP contribution in [0.15, 0.2) is 0 Å². The average Bonchev–Trinajstić information content (AvgIpc) is 2.40. The zero-order valence-corrected chi connectivity index (χ0v) is 10.1. The lowest BCUT2D eigenvalue weighted by Gasteiger charge is -2.36. The van der Waals surface area contributed by atoms with Crippen molar-refractivity contribution >= 4 is 5.91 Å². The Labute approximate surface area is 102 Å². The third kappa shape index (κ3) is 3.38. The third-order valence-electron chi connectivity index (χ3n) is 3.32. The van der Waals surface area contributed by atoms with Crippen molar-refractivity contribution in [2.45, 2.75) is 6.04 Å². The predicted molar refractivity (Wildman–Crippen MR) is 62.6 cm³/mol. The van der Waals surface area contributed by atoms with Crippen molar-refractivity contribution in [1.29, 1.82) is 0 Å². The summed E-state index contributed by atoms with van der Waals surface area (Å²) in [6, 6.07) is 0.175. The first-order valence-corrected chi connectivity index (χ1v) is 6.18. The highest BCUT2D eigenvalue weighted by Gasteiger charge is 2.26. The number of carbonyl (C=O) groups is 1. The summed E-state index contributed by atoms with van der Waals surface area (Å²) in [6.07, 6.45) is 0. The van der Waals surface area contributed by atoms with Crippen LogP contribution in [-0.2, 0) is 14.3 Å². The second kappa shape index (κ2) is 6.30. The van der Waals surface area contributed by atoms with Crippen molar-refractivity contribution in [2.24, 2.45) is 5.73 Å². The van der Waals surface area contributed by atoms with Gasteiger partial charge in [0.15, 0.2) is 0 Å². The van der Waals surface area contributed by atoms with Crippen molar-refractivity contribution in [3.05, 3.63) is 0 Å². The van der Waals surface area contributed by atoms with Crippen LogP contribution in [0.1, 0.15) is 0 Å². The normalized spacial score (nSPS) is 27.1. The van der Waals surface area contributed by atoms with Gasteiger partial charge in [0.25, 0.3) is 0 Å². The van der Waals surface area contributed by atoms with Gasteiger partial charge in [-0.3, -0.25) is 9.69 Å². The van der Waals surface area contributed by atoms with Crippen LogP contribution >= 0.6 is 0 Å². The average molecular weight is 243 g/mol. The van der Waals surface area contributed by atoms with Crippen LogP contribution in [0.5, 0.6) is 0 Å². The van der Waals surface area contributed by atoms with Gasteiger partial charge in [-0.05, 0) is 0 Å². The molecule has 0 spiro atoms. The molecule has 1 unspecified atom stereocenters. The van der Waals surface area contributed by atoms with Crippen LogP contribution in [0.4, 0.5) is 0 Å². The lowest BCUT2D eigenvalue weighted by Crippen LogP contribution is -2.54. The van der Waals surface area contributed by atoms with Gasteiger partial charge >= 0.3 is 0 Å². The van der Waals surface area contributed by atoms with Crippen LogP contribution < -0.4 is 5.73 Å². The fraction of sp³-hybridized carbons (Fsp3) is 0.909. The van der Waals surface area contributed by atoms with Crippen molar-refractivity contribution in [1.82, 2.24) is 9.80 Å². The molecule has 0 bridgehead atoms. The maximum atomic E-state index is 12.1. The Balaban J connectivity index is 1.83. The monoisotopic (exact) mass is 243 g/mol. The summed E-state index contributed by atoms with van der Waals surface area (Å²) in [5, 5.41) is 0. The van der Waals surface area contributed by atoms with E-state index in [4.69, 9.17) is 15.2 Å². The zero-order chi connectivity index (χ0) is 12.1. The molecular weight excluding hydrogens is 222 g/mol. The topological polar surface area (TPSA) is 68.0 Å². The fourth-order valence-electron chi connectivity index (χ4n) is 2.20. The number of hydrogen-bond donors (Lipinski definition) is 1. The molecule has 2 saturated heterocycles. The molecular formula is C11H21N3O3. The molecule has 2 fully saturated rings. The van der Waals surface area contributed by atoms with Gasteiger partial charge in [-0.2, -0.15) is 0 Å². The van der Waals surface area contributed by atoms with E-state index in [1.165, 1.54) is 0 Å². The first-order chi connectivity index (χ1) is 8.31. The lowest BCUT2D eigenvalue weighted by atomic mass is 10.2. The maximum absolute atomic E-state index is 12.1. The van der Waals surface area contributed by atoms with Crippen LogP contribution in [-0.4, -0.2) is 80.9 Å². The Morgan fingerprint density at radius 3 is 2.59 bits per heavy atom. The van der Waals surface area contributed by atoms with Crippen molar-refractivity contribution in [3.63, 3.8) is 0 Å². The molecule has 0 aromatic heterocycles. The fourth-order valence-corrected chi connectivity index (χ4v) is 2.20. The number of amides is 1. The van der Waals surface area contributed by atoms with E-state index in [0.29, 0.717) is 52.6 Å². The van der Waals surface area contributed by atoms with Gasteiger partial charge in [-0.15, -0.1) is 0 Å². The molecule has 2 aliphatic rings. The second-order valence-corrected chi connectivity index (χ2v) is 4.43. The molecule has 1 amide bonds. The number of rotatable bonds is 3. The lowest BCUT2D eigenvalue weighted by molar-refractivity contribution is -0.138. The number of nitrogens with two attached hydrogens (primary N) is 1. The molecule has 2 aliphatic heterocycles. The van der Waals surface area contributed by atoms with E-state index >= 15 is 0 Å². The highest BCUT2D eigenvalue weighted by molar-refractivity contribution is 5.78. The number of hydrogen-bond acceptors (Lipinski definition) is 5. The first-order valence-electron chi connectivity index (χ1n) is 6.18. The first kappa shape index (κ1) is 12.8. The molecule has 0 radical (unpaired) electrons. The maximum Gasteiger partial charge on any atom is 0.236 e. The minimum Gasteiger partial charge on any atom is -0.378 e. The van der Waals surface area contributed by atoms with Gasteiger partial charge in [0.2, 0.25) is 5.91 Å². The minimum absolute atomic E-state index is 0.175. The standard InChI is InChI=1S/C11H21N3O3/c12-7-10-9-17-6-3-14(10)8-11(15)13-1-4-16-5-2-13/h10H,1-9,12H2. The Bertz CT molecular complexity index is 256. The number of nitrogens with zero attached hydrogens (tertiary/aromatic N) is 2. The molecule has 0 aromatic rings. The summed E-state index contributed by atoms with van der Waals surface area (Å²) in [5.74, 6) is 0.175. The Morgan fingerprint density at radius 1 is 1.18 bits per heavy atom. The summed E-state index contributed by atoms with van der Waals surface area (Å²) in [6.45, 7) is 5.80. The largest absolute Gasteiger partial charge is 0.378 e. The van der Waals surface area contributed by atoms with E-state index in [0.717, 1.165) is 6.54 Å². The smallest absolute Gasteiger partial charge is 0.236 e. The Hall–Kier alpha value is -0.690. The molecule has 0 aliphatic carbocycles. The van der Waals surface area contributed by atoms with E-state index < -0.39 is 0 Å². The molecule has 17 heavy (non-hydrogen) atoms. The molecule has 0 saturated carbocycles. The Morgan fingerprint density at radius 2 is 1.88 bits per heavy atom. The predicted octanol–water partition coefficient (Wildman–Crippen LogP) is -1.50. The van der Waals surface area contributed by atoms with Gasteiger partial charge in [0, 0.05) is 32.2 Å². The second-order valence-electron chi connectivity index (χ2n) is 4.43. The van der Waals surface area contributed by atoms with E-state index in [2.05, 4.69) is 4.90 Å². The number of morpholine rings is 2. The van der Waals surface area contributed by atoms with Gasteiger partial charge in [0.1, 0.15) is 0 Å². The zero-order valence-electron chi connectivity index (χ0n) is 10.1. The minimum atomic E-state index is 0.175. The van der Waals surface area contributed by atoms with E-state index in [-0.39, 0.29) is 11.9 Å². The Kier molecular flexibility index (Phi) is 4.73. The van der Waals surface area contributed by atoms with Crippen molar-refractivity contribution in [3.8, 4) is 0 Å². The SMILES string of the molecule is NCC1COCCN1CC(=O)N1CCOCC1. The van der Waals surface area contributed by atoms with E-state index in [1.807, 2.05) is 4.90 Å². The highest BCUT2D eigenvalue weighted by atomic mass is 16.5. The van der Waals surface area contributed by atoms with E-state index in [1.54, 1.807) is 0 Å². The summed E-state index contributed by atoms with van der Waals surface area (Å²) in [7, 11) is 0. The van der Waals surface area contributed by atoms with E-state index in [9.17, 15) is 4.79 Å². The highest BCUT2D eigenvalue weighted by Crippen LogP contribution is 2.07. The quantitative estimate of drug-likeness (QED) is 0.654. The van der Waals surface area contributed by atoms with Crippen LogP contribution in [0.2, 0.25) is 0 Å². The summed E-state index contributed by atoms with van der Waals surface area (Å²) in [5.41, 5.74) is 5.68. The third-order valence-corrected chi connectivity index (χ3v) is 3.32. The summed E-state index contributed by atoms with van der Waals surface area (Å²) < 4.78 is 10.6. The molecule has 98 valence electrons. The number of carbonyl (C=O) groups excluding carboxylic acids is 1. The molecule has 2 rings (SSSR count). The van der Waals surface area contributed by atoms with Gasteiger partial charge in [0.05, 0.1) is 33.0 Å². The van der Waals surface area contributed by atoms with Crippen LogP contribution in [0.25, 0.3) is 0 Å². The molecule has 0 aromatic carbocycles. The van der Waals surface area contributed by atoms with Crippen molar-refractivity contribution < 1.29 is 14.3 Å². The molecule has 6 nitrogen and oxygen atoms in total. The van der Waals surface area contributed by atoms with Crippen LogP contribution in [0.3, 0.4) is 0 Å². The van der Waals surface area contributed by atoms with Gasteiger partial charge < -0.3 is 20.1 Å².